The summed E-state index contributed by atoms with van der Waals surface area (Å²) in [6.45, 7) is 0. The summed E-state index contributed by atoms with van der Waals surface area (Å²) in [4.78, 5) is 3.94. The summed E-state index contributed by atoms with van der Waals surface area (Å²) in [6.07, 6.45) is -3.89. The van der Waals surface area contributed by atoms with E-state index in [9.17, 15) is 18.3 Å². The van der Waals surface area contributed by atoms with Gasteiger partial charge in [-0.3, -0.25) is 0 Å². The Balaban J connectivity index is 2.00. The van der Waals surface area contributed by atoms with E-state index < -0.39 is 12.5 Å². The molecule has 1 heterocycles. The molecule has 1 aromatic heterocycles. The van der Waals surface area contributed by atoms with Gasteiger partial charge < -0.3 is 9.84 Å². The number of halogens is 4. The van der Waals surface area contributed by atoms with Crippen molar-refractivity contribution in [2.24, 2.45) is 0 Å². The van der Waals surface area contributed by atoms with Crippen molar-refractivity contribution in [1.82, 2.24) is 4.98 Å². The summed E-state index contributed by atoms with van der Waals surface area (Å²) >= 11 is 6.87. The highest BCUT2D eigenvalue weighted by molar-refractivity contribution is 7.15. The Kier molecular flexibility index (Phi) is 4.52. The van der Waals surface area contributed by atoms with Crippen LogP contribution in [0.4, 0.5) is 13.2 Å². The lowest BCUT2D eigenvalue weighted by molar-refractivity contribution is -0.274. The van der Waals surface area contributed by atoms with Gasteiger partial charge in [-0.1, -0.05) is 23.7 Å². The van der Waals surface area contributed by atoms with Gasteiger partial charge in [0.1, 0.15) is 21.2 Å². The molecule has 2 aromatic rings. The van der Waals surface area contributed by atoms with E-state index in [2.05, 4.69) is 9.72 Å². The molecule has 0 amide bonds. The topological polar surface area (TPSA) is 42.4 Å². The first-order valence-corrected chi connectivity index (χ1v) is 6.67. The van der Waals surface area contributed by atoms with Gasteiger partial charge in [-0.2, -0.15) is 0 Å². The molecule has 3 nitrogen and oxygen atoms in total. The Bertz CT molecular complexity index is 571. The summed E-state index contributed by atoms with van der Waals surface area (Å²) in [5.74, 6) is -0.298. The molecule has 0 bridgehead atoms. The number of nitrogens with zero attached hydrogens (tertiary/aromatic N) is 1. The molecule has 8 heteroatoms. The SMILES string of the molecule is OC(Cc1ccc(OC(F)(F)F)cc1)c1ncc(Cl)s1. The molecule has 0 fully saturated rings. The molecule has 0 saturated carbocycles. The minimum Gasteiger partial charge on any atom is -0.406 e. The fraction of sp³-hybridized carbons (Fsp3) is 0.250. The summed E-state index contributed by atoms with van der Waals surface area (Å²) in [7, 11) is 0. The summed E-state index contributed by atoms with van der Waals surface area (Å²) in [6, 6.07) is 5.31. The van der Waals surface area contributed by atoms with Crippen LogP contribution < -0.4 is 4.74 Å². The van der Waals surface area contributed by atoms with Gasteiger partial charge in [0.25, 0.3) is 0 Å². The third-order valence-electron chi connectivity index (χ3n) is 2.37. The van der Waals surface area contributed by atoms with Gasteiger partial charge >= 0.3 is 6.36 Å². The van der Waals surface area contributed by atoms with E-state index >= 15 is 0 Å². The molecule has 1 unspecified atom stereocenters. The van der Waals surface area contributed by atoms with E-state index in [4.69, 9.17) is 11.6 Å². The van der Waals surface area contributed by atoms with Crippen molar-refractivity contribution < 1.29 is 23.0 Å². The van der Waals surface area contributed by atoms with Crippen molar-refractivity contribution in [2.45, 2.75) is 18.9 Å². The molecule has 20 heavy (non-hydrogen) atoms. The van der Waals surface area contributed by atoms with Crippen LogP contribution in [0.3, 0.4) is 0 Å². The smallest absolute Gasteiger partial charge is 0.406 e. The summed E-state index contributed by atoms with van der Waals surface area (Å²) < 4.78 is 40.2. The monoisotopic (exact) mass is 323 g/mol. The molecule has 1 aromatic carbocycles. The van der Waals surface area contributed by atoms with Crippen LogP contribution in [-0.4, -0.2) is 16.5 Å². The van der Waals surface area contributed by atoms with Crippen LogP contribution in [-0.2, 0) is 6.42 Å². The van der Waals surface area contributed by atoms with Gasteiger partial charge in [-0.25, -0.2) is 4.98 Å². The first kappa shape index (κ1) is 15.1. The molecular weight excluding hydrogens is 315 g/mol. The van der Waals surface area contributed by atoms with Crippen LogP contribution in [0.25, 0.3) is 0 Å². The maximum absolute atomic E-state index is 12.0. The van der Waals surface area contributed by atoms with Crippen molar-refractivity contribution in [3.63, 3.8) is 0 Å². The molecular formula is C12H9ClF3NO2S. The number of hydrogen-bond donors (Lipinski definition) is 1. The maximum atomic E-state index is 12.0. The number of alkyl halides is 3. The zero-order valence-electron chi connectivity index (χ0n) is 9.89. The fourth-order valence-corrected chi connectivity index (χ4v) is 2.47. The van der Waals surface area contributed by atoms with Gasteiger partial charge in [0.05, 0.1) is 6.20 Å². The molecule has 0 aliphatic heterocycles. The number of ether oxygens (including phenoxy) is 1. The average Bonchev–Trinajstić information content (AvgIpc) is 2.77. The number of aliphatic hydroxyl groups excluding tert-OH is 1. The molecule has 0 aliphatic carbocycles. The van der Waals surface area contributed by atoms with Crippen molar-refractivity contribution in [3.8, 4) is 5.75 Å². The van der Waals surface area contributed by atoms with Crippen molar-refractivity contribution in [2.75, 3.05) is 0 Å². The second-order valence-electron chi connectivity index (χ2n) is 3.91. The molecule has 0 radical (unpaired) electrons. The van der Waals surface area contributed by atoms with Crippen LogP contribution in [0.1, 0.15) is 16.7 Å². The molecule has 0 saturated heterocycles. The van der Waals surface area contributed by atoms with Gasteiger partial charge in [-0.05, 0) is 17.7 Å². The highest BCUT2D eigenvalue weighted by Crippen LogP contribution is 2.27. The molecule has 0 aliphatic rings. The molecule has 108 valence electrons. The lowest BCUT2D eigenvalue weighted by atomic mass is 10.1. The Hall–Kier alpha value is -1.31. The Labute approximate surface area is 121 Å². The lowest BCUT2D eigenvalue weighted by Crippen LogP contribution is -2.17. The summed E-state index contributed by atoms with van der Waals surface area (Å²) in [5, 5.41) is 10.4. The Morgan fingerprint density at radius 1 is 1.30 bits per heavy atom. The van der Waals surface area contributed by atoms with E-state index in [1.807, 2.05) is 0 Å². The molecule has 0 spiro atoms. The van der Waals surface area contributed by atoms with E-state index in [-0.39, 0.29) is 12.2 Å². The van der Waals surface area contributed by atoms with E-state index in [1.54, 1.807) is 0 Å². The zero-order chi connectivity index (χ0) is 14.8. The average molecular weight is 324 g/mol. The van der Waals surface area contributed by atoms with Gasteiger partial charge in [0.15, 0.2) is 0 Å². The van der Waals surface area contributed by atoms with Gasteiger partial charge in [-0.15, -0.1) is 24.5 Å². The first-order chi connectivity index (χ1) is 9.33. The molecule has 2 rings (SSSR count). The number of benzene rings is 1. The van der Waals surface area contributed by atoms with Crippen LogP contribution in [0.2, 0.25) is 4.34 Å². The van der Waals surface area contributed by atoms with E-state index in [1.165, 1.54) is 30.5 Å². The predicted molar refractivity (Wildman–Crippen MR) is 68.9 cm³/mol. The number of aromatic nitrogens is 1. The second kappa shape index (κ2) is 5.99. The fourth-order valence-electron chi connectivity index (χ4n) is 1.56. The zero-order valence-corrected chi connectivity index (χ0v) is 11.5. The third-order valence-corrected chi connectivity index (χ3v) is 3.58. The highest BCUT2D eigenvalue weighted by atomic mass is 35.5. The largest absolute Gasteiger partial charge is 0.573 e. The van der Waals surface area contributed by atoms with Crippen LogP contribution in [0.5, 0.6) is 5.75 Å². The minimum absolute atomic E-state index is 0.232. The van der Waals surface area contributed by atoms with Crippen LogP contribution in [0.15, 0.2) is 30.5 Å². The minimum atomic E-state index is -4.71. The van der Waals surface area contributed by atoms with Crippen molar-refractivity contribution in [1.29, 1.82) is 0 Å². The lowest BCUT2D eigenvalue weighted by Gasteiger charge is -2.10. The Morgan fingerprint density at radius 3 is 2.45 bits per heavy atom. The first-order valence-electron chi connectivity index (χ1n) is 5.47. The van der Waals surface area contributed by atoms with Crippen LogP contribution >= 0.6 is 22.9 Å². The normalized spacial score (nSPS) is 13.2. The highest BCUT2D eigenvalue weighted by Gasteiger charge is 2.30. The molecule has 1 N–H and O–H groups in total. The van der Waals surface area contributed by atoms with Gasteiger partial charge in [0.2, 0.25) is 0 Å². The van der Waals surface area contributed by atoms with Crippen LogP contribution in [0, 0.1) is 0 Å². The summed E-state index contributed by atoms with van der Waals surface area (Å²) in [5.41, 5.74) is 0.665. The van der Waals surface area contributed by atoms with E-state index in [0.717, 1.165) is 11.3 Å². The maximum Gasteiger partial charge on any atom is 0.573 e. The number of thiazole rings is 1. The number of rotatable bonds is 4. The number of aliphatic hydroxyl groups is 1. The van der Waals surface area contributed by atoms with Crippen molar-refractivity contribution >= 4 is 22.9 Å². The predicted octanol–water partition coefficient (Wildman–Crippen LogP) is 3.97. The van der Waals surface area contributed by atoms with Gasteiger partial charge in [0, 0.05) is 6.42 Å². The van der Waals surface area contributed by atoms with Crippen molar-refractivity contribution in [3.05, 3.63) is 45.4 Å². The quantitative estimate of drug-likeness (QED) is 0.925. The Morgan fingerprint density at radius 2 is 1.95 bits per heavy atom. The second-order valence-corrected chi connectivity index (χ2v) is 5.61. The van der Waals surface area contributed by atoms with E-state index in [0.29, 0.717) is 14.9 Å². The standard InChI is InChI=1S/C12H9ClF3NO2S/c13-10-6-17-11(20-10)9(18)5-7-1-3-8(4-2-7)19-12(14,15)16/h1-4,6,9,18H,5H2. The molecule has 1 atom stereocenters. The third kappa shape index (κ3) is 4.36. The number of hydrogen-bond acceptors (Lipinski definition) is 4.